The number of benzene rings is 1. The number of halogens is 1. The Morgan fingerprint density at radius 2 is 1.85 bits per heavy atom. The average Bonchev–Trinajstić information content (AvgIpc) is 3.51. The Morgan fingerprint density at radius 3 is 2.48 bits per heavy atom. The standard InChI is InChI=1S/C23H18N4O3S2.ClH/c1-12-19(22(29)27-21(12)28)26-20-18-15(16-4-3-9-31-16)11-32-23(18)25-17(24-20)10-13-5-7-14(30-2)8-6-13;/h3-9,11H,10H2,1-2H3,(H2,24,25,26,27,28,29);1H. The molecule has 0 fully saturated rings. The van der Waals surface area contributed by atoms with Crippen LogP contribution in [0.15, 0.2) is 58.4 Å². The Bertz CT molecular complexity index is 1380. The number of rotatable bonds is 6. The first-order chi connectivity index (χ1) is 15.5. The lowest BCUT2D eigenvalue weighted by molar-refractivity contribution is -0.124. The van der Waals surface area contributed by atoms with E-state index in [1.807, 2.05) is 41.8 Å². The first kappa shape index (κ1) is 22.9. The van der Waals surface area contributed by atoms with E-state index in [1.54, 1.807) is 25.4 Å². The quantitative estimate of drug-likeness (QED) is 0.371. The van der Waals surface area contributed by atoms with Crippen LogP contribution in [0.1, 0.15) is 18.3 Å². The van der Waals surface area contributed by atoms with Crippen molar-refractivity contribution < 1.29 is 14.3 Å². The number of nitrogens with zero attached hydrogens (tertiary/aromatic N) is 2. The molecule has 0 saturated heterocycles. The lowest BCUT2D eigenvalue weighted by Crippen LogP contribution is -2.24. The molecule has 4 heterocycles. The fourth-order valence-corrected chi connectivity index (χ4v) is 5.29. The fraction of sp³-hybridized carbons (Fsp3) is 0.130. The number of hydrogen-bond donors (Lipinski definition) is 2. The second-order valence-corrected chi connectivity index (χ2v) is 9.03. The van der Waals surface area contributed by atoms with Gasteiger partial charge in [-0.05, 0) is 36.1 Å². The maximum Gasteiger partial charge on any atom is 0.275 e. The highest BCUT2D eigenvalue weighted by atomic mass is 35.5. The van der Waals surface area contributed by atoms with Crippen LogP contribution in [0.5, 0.6) is 5.75 Å². The maximum absolute atomic E-state index is 12.3. The fourth-order valence-electron chi connectivity index (χ4n) is 3.51. The number of nitrogens with one attached hydrogen (secondary N) is 2. The lowest BCUT2D eigenvalue weighted by Gasteiger charge is -2.11. The molecule has 10 heteroatoms. The largest absolute Gasteiger partial charge is 0.497 e. The van der Waals surface area contributed by atoms with E-state index in [2.05, 4.69) is 16.0 Å². The predicted octanol–water partition coefficient (Wildman–Crippen LogP) is 4.78. The molecular weight excluding hydrogens is 480 g/mol. The first-order valence-electron chi connectivity index (χ1n) is 9.82. The van der Waals surface area contributed by atoms with Crippen LogP contribution in [0.3, 0.4) is 0 Å². The Hall–Kier alpha value is -3.27. The van der Waals surface area contributed by atoms with E-state index >= 15 is 0 Å². The number of fused-ring (bicyclic) bond motifs is 1. The second kappa shape index (κ2) is 9.30. The van der Waals surface area contributed by atoms with Gasteiger partial charge in [0.25, 0.3) is 11.8 Å². The molecular formula is C23H19ClN4O3S2. The summed E-state index contributed by atoms with van der Waals surface area (Å²) in [6, 6.07) is 11.8. The number of carbonyl (C=O) groups is 2. The summed E-state index contributed by atoms with van der Waals surface area (Å²) in [5.41, 5.74) is 2.59. The van der Waals surface area contributed by atoms with Gasteiger partial charge in [-0.3, -0.25) is 14.9 Å². The molecule has 0 bridgehead atoms. The number of amides is 2. The molecule has 1 aliphatic heterocycles. The van der Waals surface area contributed by atoms with E-state index in [0.717, 1.165) is 32.0 Å². The number of anilines is 1. The number of ether oxygens (including phenoxy) is 1. The van der Waals surface area contributed by atoms with Crippen molar-refractivity contribution in [2.24, 2.45) is 0 Å². The highest BCUT2D eigenvalue weighted by Crippen LogP contribution is 2.39. The van der Waals surface area contributed by atoms with Crippen LogP contribution in [0.4, 0.5) is 5.82 Å². The van der Waals surface area contributed by atoms with E-state index in [-0.39, 0.29) is 18.1 Å². The molecule has 7 nitrogen and oxygen atoms in total. The molecule has 4 aromatic rings. The number of aromatic nitrogens is 2. The van der Waals surface area contributed by atoms with Gasteiger partial charge in [0.05, 0.1) is 12.5 Å². The molecule has 2 N–H and O–H groups in total. The van der Waals surface area contributed by atoms with Gasteiger partial charge in [0.15, 0.2) is 0 Å². The highest BCUT2D eigenvalue weighted by Gasteiger charge is 2.28. The van der Waals surface area contributed by atoms with Crippen molar-refractivity contribution in [2.75, 3.05) is 12.4 Å². The summed E-state index contributed by atoms with van der Waals surface area (Å²) in [5, 5.41) is 10.4. The summed E-state index contributed by atoms with van der Waals surface area (Å²) in [6.07, 6.45) is 0.518. The summed E-state index contributed by atoms with van der Waals surface area (Å²) in [5.74, 6) is 1.06. The van der Waals surface area contributed by atoms with Gasteiger partial charge < -0.3 is 10.1 Å². The summed E-state index contributed by atoms with van der Waals surface area (Å²) < 4.78 is 5.23. The van der Waals surface area contributed by atoms with Crippen molar-refractivity contribution >= 4 is 62.9 Å². The minimum Gasteiger partial charge on any atom is -0.497 e. The number of hydrogen-bond acceptors (Lipinski definition) is 8. The van der Waals surface area contributed by atoms with Crippen molar-refractivity contribution in [1.29, 1.82) is 0 Å². The molecule has 0 unspecified atom stereocenters. The number of methoxy groups -OCH3 is 1. The normalized spacial score (nSPS) is 13.3. The lowest BCUT2D eigenvalue weighted by atomic mass is 10.1. The topological polar surface area (TPSA) is 93.2 Å². The first-order valence-corrected chi connectivity index (χ1v) is 11.6. The molecule has 3 aromatic heterocycles. The molecule has 0 radical (unpaired) electrons. The van der Waals surface area contributed by atoms with Crippen LogP contribution in [0.25, 0.3) is 20.7 Å². The Morgan fingerprint density at radius 1 is 1.06 bits per heavy atom. The van der Waals surface area contributed by atoms with Gasteiger partial charge >= 0.3 is 0 Å². The average molecular weight is 499 g/mol. The van der Waals surface area contributed by atoms with Gasteiger partial charge in [0, 0.05) is 27.8 Å². The Balaban J connectivity index is 0.00000259. The summed E-state index contributed by atoms with van der Waals surface area (Å²) in [4.78, 5) is 35.7. The minimum absolute atomic E-state index is 0. The molecule has 1 aliphatic rings. The molecule has 0 atom stereocenters. The highest BCUT2D eigenvalue weighted by molar-refractivity contribution is 7.18. The third-order valence-electron chi connectivity index (χ3n) is 5.20. The summed E-state index contributed by atoms with van der Waals surface area (Å²) in [6.45, 7) is 1.62. The van der Waals surface area contributed by atoms with Crippen molar-refractivity contribution in [3.8, 4) is 16.2 Å². The van der Waals surface area contributed by atoms with Crippen LogP contribution in [-0.2, 0) is 16.0 Å². The molecule has 5 rings (SSSR count). The van der Waals surface area contributed by atoms with Crippen LogP contribution in [-0.4, -0.2) is 28.9 Å². The van der Waals surface area contributed by atoms with Crippen molar-refractivity contribution in [1.82, 2.24) is 15.3 Å². The van der Waals surface area contributed by atoms with E-state index in [4.69, 9.17) is 14.7 Å². The predicted molar refractivity (Wildman–Crippen MR) is 133 cm³/mol. The van der Waals surface area contributed by atoms with Crippen LogP contribution >= 0.6 is 35.1 Å². The van der Waals surface area contributed by atoms with Crippen LogP contribution in [0, 0.1) is 0 Å². The third kappa shape index (κ3) is 4.35. The van der Waals surface area contributed by atoms with Crippen molar-refractivity contribution in [3.05, 3.63) is 69.8 Å². The van der Waals surface area contributed by atoms with Gasteiger partial charge in [-0.1, -0.05) is 18.2 Å². The number of imide groups is 1. The van der Waals surface area contributed by atoms with Crippen molar-refractivity contribution in [3.63, 3.8) is 0 Å². The van der Waals surface area contributed by atoms with Crippen LogP contribution < -0.4 is 15.4 Å². The van der Waals surface area contributed by atoms with E-state index in [1.165, 1.54) is 11.3 Å². The zero-order valence-electron chi connectivity index (χ0n) is 17.7. The SMILES string of the molecule is COc1ccc(Cc2nc(NC3=C(C)C(=O)NC3=O)c3c(-c4cccs4)csc3n2)cc1.Cl. The Kier molecular flexibility index (Phi) is 6.46. The molecule has 168 valence electrons. The van der Waals surface area contributed by atoms with Gasteiger partial charge in [-0.2, -0.15) is 0 Å². The summed E-state index contributed by atoms with van der Waals surface area (Å²) in [7, 11) is 1.63. The maximum atomic E-state index is 12.3. The number of thiophene rings is 2. The van der Waals surface area contributed by atoms with E-state index in [9.17, 15) is 9.59 Å². The third-order valence-corrected chi connectivity index (χ3v) is 6.98. The van der Waals surface area contributed by atoms with Gasteiger partial charge in [0.2, 0.25) is 0 Å². The van der Waals surface area contributed by atoms with Crippen LogP contribution in [0.2, 0.25) is 0 Å². The molecule has 0 saturated carbocycles. The zero-order chi connectivity index (χ0) is 22.2. The monoisotopic (exact) mass is 498 g/mol. The van der Waals surface area contributed by atoms with E-state index in [0.29, 0.717) is 23.6 Å². The van der Waals surface area contributed by atoms with E-state index < -0.39 is 11.8 Å². The number of carbonyl (C=O) groups excluding carboxylic acids is 2. The van der Waals surface area contributed by atoms with Gasteiger partial charge in [0.1, 0.15) is 27.9 Å². The van der Waals surface area contributed by atoms with Gasteiger partial charge in [-0.15, -0.1) is 35.1 Å². The molecule has 33 heavy (non-hydrogen) atoms. The van der Waals surface area contributed by atoms with Gasteiger partial charge in [-0.25, -0.2) is 9.97 Å². The molecule has 0 spiro atoms. The minimum atomic E-state index is -0.455. The zero-order valence-corrected chi connectivity index (χ0v) is 20.1. The summed E-state index contributed by atoms with van der Waals surface area (Å²) >= 11 is 3.15. The second-order valence-electron chi connectivity index (χ2n) is 7.23. The molecule has 1 aromatic carbocycles. The Labute approximate surface area is 203 Å². The smallest absolute Gasteiger partial charge is 0.275 e. The molecule has 0 aliphatic carbocycles. The van der Waals surface area contributed by atoms with Crippen molar-refractivity contribution in [2.45, 2.75) is 13.3 Å². The molecule has 2 amide bonds.